The minimum Gasteiger partial charge on any atom is -0.362 e. The second-order valence-corrected chi connectivity index (χ2v) is 10.4. The predicted molar refractivity (Wildman–Crippen MR) is 121 cm³/mol. The van der Waals surface area contributed by atoms with Crippen molar-refractivity contribution in [2.24, 2.45) is 0 Å². The molecule has 0 saturated carbocycles. The number of nitrogens with zero attached hydrogens (tertiary/aromatic N) is 5. The van der Waals surface area contributed by atoms with Crippen molar-refractivity contribution in [1.82, 2.24) is 14.1 Å². The summed E-state index contributed by atoms with van der Waals surface area (Å²) in [4.78, 5) is 40.2. The van der Waals surface area contributed by atoms with Crippen LogP contribution < -0.4 is 4.90 Å². The largest absolute Gasteiger partial charge is 0.362 e. The first-order chi connectivity index (χ1) is 15.2. The minimum atomic E-state index is -3.82. The van der Waals surface area contributed by atoms with Crippen LogP contribution in [0.1, 0.15) is 13.8 Å². The number of amides is 2. The summed E-state index contributed by atoms with van der Waals surface area (Å²) >= 11 is 1.20. The molecule has 1 aromatic carbocycles. The van der Waals surface area contributed by atoms with Gasteiger partial charge in [-0.2, -0.15) is 4.31 Å². The van der Waals surface area contributed by atoms with Crippen LogP contribution >= 0.6 is 11.8 Å². The molecular weight excluding hydrogens is 458 g/mol. The minimum absolute atomic E-state index is 0.0455. The molecule has 1 aromatic rings. The fourth-order valence-electron chi connectivity index (χ4n) is 3.82. The van der Waals surface area contributed by atoms with Crippen molar-refractivity contribution in [3.8, 4) is 0 Å². The molecule has 2 amide bonds. The topological polar surface area (TPSA) is 124 Å². The molecule has 32 heavy (non-hydrogen) atoms. The summed E-state index contributed by atoms with van der Waals surface area (Å²) in [7, 11) is -3.82. The standard InChI is InChI=1S/C19H27N5O6S2/c1-3-23(4-2)32(29,30)15-5-6-16(17(13-15)24(27)28)20-7-9-21(10-8-20)18(25)14-22-11-12-31-19(22)26/h5-6,13H,3-4,7-12,14H2,1-2H3. The van der Waals surface area contributed by atoms with Gasteiger partial charge in [0.2, 0.25) is 15.9 Å². The Morgan fingerprint density at radius 1 is 1.16 bits per heavy atom. The van der Waals surface area contributed by atoms with E-state index < -0.39 is 14.9 Å². The van der Waals surface area contributed by atoms with E-state index in [9.17, 15) is 28.1 Å². The summed E-state index contributed by atoms with van der Waals surface area (Å²) in [6.07, 6.45) is 0. The highest BCUT2D eigenvalue weighted by atomic mass is 32.2. The van der Waals surface area contributed by atoms with E-state index in [1.165, 1.54) is 33.1 Å². The number of thioether (sulfide) groups is 1. The van der Waals surface area contributed by atoms with Crippen LogP contribution in [0.5, 0.6) is 0 Å². The fraction of sp³-hybridized carbons (Fsp3) is 0.579. The molecule has 2 fully saturated rings. The van der Waals surface area contributed by atoms with Gasteiger partial charge in [-0.25, -0.2) is 8.42 Å². The molecule has 176 valence electrons. The van der Waals surface area contributed by atoms with E-state index >= 15 is 0 Å². The van der Waals surface area contributed by atoms with Gasteiger partial charge in [-0.05, 0) is 12.1 Å². The third-order valence-electron chi connectivity index (χ3n) is 5.63. The molecule has 0 bridgehead atoms. The first-order valence-corrected chi connectivity index (χ1v) is 12.8. The summed E-state index contributed by atoms with van der Waals surface area (Å²) in [5.41, 5.74) is 0.0458. The van der Waals surface area contributed by atoms with Crippen molar-refractivity contribution >= 4 is 44.3 Å². The average Bonchev–Trinajstić information content (AvgIpc) is 3.18. The van der Waals surface area contributed by atoms with Gasteiger partial charge in [0.1, 0.15) is 12.2 Å². The number of carbonyl (C=O) groups excluding carboxylic acids is 2. The number of piperazine rings is 1. The van der Waals surface area contributed by atoms with Gasteiger partial charge in [0.05, 0.1) is 9.82 Å². The molecular formula is C19H27N5O6S2. The van der Waals surface area contributed by atoms with E-state index in [4.69, 9.17) is 0 Å². The van der Waals surface area contributed by atoms with Crippen LogP contribution in [-0.4, -0.2) is 96.7 Å². The zero-order chi connectivity index (χ0) is 23.5. The lowest BCUT2D eigenvalue weighted by Gasteiger charge is -2.36. The van der Waals surface area contributed by atoms with Crippen LogP contribution in [0.15, 0.2) is 23.1 Å². The van der Waals surface area contributed by atoms with Crippen LogP contribution in [0, 0.1) is 10.1 Å². The Labute approximate surface area is 191 Å². The van der Waals surface area contributed by atoms with Crippen LogP contribution in [0.25, 0.3) is 0 Å². The molecule has 2 saturated heterocycles. The molecule has 3 rings (SSSR count). The molecule has 0 atom stereocenters. The maximum atomic E-state index is 12.8. The molecule has 2 aliphatic rings. The summed E-state index contributed by atoms with van der Waals surface area (Å²) in [5.74, 6) is 0.541. The molecule has 0 aromatic heterocycles. The quantitative estimate of drug-likeness (QED) is 0.400. The van der Waals surface area contributed by atoms with Crippen molar-refractivity contribution in [3.63, 3.8) is 0 Å². The highest BCUT2D eigenvalue weighted by Crippen LogP contribution is 2.32. The maximum Gasteiger partial charge on any atom is 0.293 e. The second kappa shape index (κ2) is 10.0. The van der Waals surface area contributed by atoms with Gasteiger partial charge in [-0.3, -0.25) is 19.7 Å². The number of carbonyl (C=O) groups is 2. The van der Waals surface area contributed by atoms with Crippen molar-refractivity contribution in [3.05, 3.63) is 28.3 Å². The van der Waals surface area contributed by atoms with Gasteiger partial charge in [0, 0.05) is 57.6 Å². The number of hydrogen-bond acceptors (Lipinski definition) is 8. The lowest BCUT2D eigenvalue weighted by atomic mass is 10.2. The Morgan fingerprint density at radius 2 is 1.81 bits per heavy atom. The molecule has 0 spiro atoms. The van der Waals surface area contributed by atoms with Crippen molar-refractivity contribution in [1.29, 1.82) is 0 Å². The van der Waals surface area contributed by atoms with Crippen LogP contribution in [0.2, 0.25) is 0 Å². The Hall–Kier alpha value is -2.38. The van der Waals surface area contributed by atoms with Gasteiger partial charge in [-0.1, -0.05) is 25.6 Å². The van der Waals surface area contributed by atoms with Crippen LogP contribution in [0.3, 0.4) is 0 Å². The number of sulfonamides is 1. The maximum absolute atomic E-state index is 12.8. The van der Waals surface area contributed by atoms with E-state index in [0.717, 1.165) is 6.07 Å². The lowest BCUT2D eigenvalue weighted by Crippen LogP contribution is -2.51. The summed E-state index contributed by atoms with van der Waals surface area (Å²) in [5, 5.41) is 11.6. The van der Waals surface area contributed by atoms with Gasteiger partial charge in [0.15, 0.2) is 0 Å². The highest BCUT2D eigenvalue weighted by Gasteiger charge is 2.31. The van der Waals surface area contributed by atoms with Crippen molar-refractivity contribution < 1.29 is 22.9 Å². The number of anilines is 1. The molecule has 2 aliphatic heterocycles. The van der Waals surface area contributed by atoms with E-state index in [-0.39, 0.29) is 41.4 Å². The Bertz CT molecular complexity index is 990. The second-order valence-electron chi connectivity index (χ2n) is 7.40. The third-order valence-corrected chi connectivity index (χ3v) is 8.57. The first kappa shape index (κ1) is 24.3. The van der Waals surface area contributed by atoms with Crippen molar-refractivity contribution in [2.45, 2.75) is 18.7 Å². The molecule has 0 radical (unpaired) electrons. The highest BCUT2D eigenvalue weighted by molar-refractivity contribution is 8.13. The van der Waals surface area contributed by atoms with Crippen molar-refractivity contribution in [2.75, 3.05) is 63.0 Å². The van der Waals surface area contributed by atoms with E-state index in [1.807, 2.05) is 0 Å². The summed E-state index contributed by atoms with van der Waals surface area (Å²) in [6.45, 7) is 6.04. The zero-order valence-electron chi connectivity index (χ0n) is 18.1. The lowest BCUT2D eigenvalue weighted by molar-refractivity contribution is -0.384. The van der Waals surface area contributed by atoms with E-state index in [2.05, 4.69) is 0 Å². The number of nitro groups is 1. The predicted octanol–water partition coefficient (Wildman–Crippen LogP) is 1.44. The van der Waals surface area contributed by atoms with E-state index in [0.29, 0.717) is 44.2 Å². The SMILES string of the molecule is CCN(CC)S(=O)(=O)c1ccc(N2CCN(C(=O)CN3CCSC3=O)CC2)c([N+](=O)[O-])c1. The monoisotopic (exact) mass is 485 g/mol. The van der Waals surface area contributed by atoms with Gasteiger partial charge >= 0.3 is 0 Å². The molecule has 0 unspecified atom stereocenters. The fourth-order valence-corrected chi connectivity index (χ4v) is 6.12. The molecule has 0 N–H and O–H groups in total. The van der Waals surface area contributed by atoms with Gasteiger partial charge in [-0.15, -0.1) is 0 Å². The molecule has 0 aliphatic carbocycles. The normalized spacial score (nSPS) is 17.3. The first-order valence-electron chi connectivity index (χ1n) is 10.4. The smallest absolute Gasteiger partial charge is 0.293 e. The summed E-state index contributed by atoms with van der Waals surface area (Å²) < 4.78 is 26.8. The Balaban J connectivity index is 1.72. The van der Waals surface area contributed by atoms with Crippen LogP contribution in [-0.2, 0) is 14.8 Å². The van der Waals surface area contributed by atoms with Crippen LogP contribution in [0.4, 0.5) is 16.2 Å². The Morgan fingerprint density at radius 3 is 2.34 bits per heavy atom. The Kier molecular flexibility index (Phi) is 7.62. The number of nitro benzene ring substituents is 1. The molecule has 11 nitrogen and oxygen atoms in total. The van der Waals surface area contributed by atoms with E-state index in [1.54, 1.807) is 23.6 Å². The summed E-state index contributed by atoms with van der Waals surface area (Å²) in [6, 6.07) is 3.97. The third kappa shape index (κ3) is 4.99. The van der Waals surface area contributed by atoms with Gasteiger partial charge in [0.25, 0.3) is 10.9 Å². The van der Waals surface area contributed by atoms with Gasteiger partial charge < -0.3 is 14.7 Å². The zero-order valence-corrected chi connectivity index (χ0v) is 19.7. The number of benzene rings is 1. The molecule has 13 heteroatoms. The number of hydrogen-bond donors (Lipinski definition) is 0. The number of rotatable bonds is 8. The average molecular weight is 486 g/mol. The molecule has 2 heterocycles.